The summed E-state index contributed by atoms with van der Waals surface area (Å²) in [6.07, 6.45) is 3.99. The van der Waals surface area contributed by atoms with Gasteiger partial charge < -0.3 is 10.5 Å². The Kier molecular flexibility index (Phi) is 6.65. The number of nitrogens with two attached hydrogens (primary N) is 1. The second-order valence-corrected chi connectivity index (χ2v) is 7.50. The standard InChI is InChI=1S/C24H24N4O.C2H6/c25-22-6-2-5-21(14-22)23-16-26-24-15-20(7-8-28(23)24)19-4-1-3-18(13-19)17-27-9-11-29-12-10-27;1-2/h1-8,13-16H,9-12,17,25H2;1-2H3. The molecule has 160 valence electrons. The minimum Gasteiger partial charge on any atom is -0.399 e. The third-order valence-corrected chi connectivity index (χ3v) is 5.47. The third kappa shape index (κ3) is 4.79. The first-order valence-electron chi connectivity index (χ1n) is 11.0. The van der Waals surface area contributed by atoms with Gasteiger partial charge in [-0.2, -0.15) is 0 Å². The molecule has 1 saturated heterocycles. The van der Waals surface area contributed by atoms with Crippen molar-refractivity contribution in [2.24, 2.45) is 0 Å². The highest BCUT2D eigenvalue weighted by molar-refractivity contribution is 5.72. The lowest BCUT2D eigenvalue weighted by Gasteiger charge is -2.26. The number of nitrogens with zero attached hydrogens (tertiary/aromatic N) is 3. The van der Waals surface area contributed by atoms with Crippen LogP contribution in [0.3, 0.4) is 0 Å². The van der Waals surface area contributed by atoms with Gasteiger partial charge in [0, 0.05) is 37.1 Å². The van der Waals surface area contributed by atoms with E-state index >= 15 is 0 Å². The number of anilines is 1. The molecule has 5 nitrogen and oxygen atoms in total. The monoisotopic (exact) mass is 414 g/mol. The molecule has 0 amide bonds. The van der Waals surface area contributed by atoms with Crippen molar-refractivity contribution >= 4 is 11.3 Å². The number of pyridine rings is 1. The summed E-state index contributed by atoms with van der Waals surface area (Å²) >= 11 is 0. The van der Waals surface area contributed by atoms with Crippen LogP contribution in [0.15, 0.2) is 73.1 Å². The number of nitrogen functional groups attached to an aromatic ring is 1. The average Bonchev–Trinajstić information content (AvgIpc) is 3.25. The highest BCUT2D eigenvalue weighted by atomic mass is 16.5. The van der Waals surface area contributed by atoms with Crippen LogP contribution in [-0.4, -0.2) is 40.6 Å². The van der Waals surface area contributed by atoms with Crippen molar-refractivity contribution in [3.8, 4) is 22.4 Å². The molecule has 2 aromatic carbocycles. The largest absolute Gasteiger partial charge is 0.399 e. The highest BCUT2D eigenvalue weighted by Gasteiger charge is 2.12. The fourth-order valence-corrected chi connectivity index (χ4v) is 3.94. The van der Waals surface area contributed by atoms with Crippen molar-refractivity contribution in [3.05, 3.63) is 78.6 Å². The molecule has 5 heteroatoms. The van der Waals surface area contributed by atoms with Crippen LogP contribution in [-0.2, 0) is 11.3 Å². The van der Waals surface area contributed by atoms with Crippen LogP contribution in [0.5, 0.6) is 0 Å². The number of fused-ring (bicyclic) bond motifs is 1. The zero-order valence-electron chi connectivity index (χ0n) is 18.3. The molecule has 4 aromatic rings. The lowest BCUT2D eigenvalue weighted by Crippen LogP contribution is -2.35. The van der Waals surface area contributed by atoms with Gasteiger partial charge in [0.1, 0.15) is 5.65 Å². The fraction of sp³-hybridized carbons (Fsp3) is 0.269. The fourth-order valence-electron chi connectivity index (χ4n) is 3.94. The Morgan fingerprint density at radius 2 is 1.65 bits per heavy atom. The van der Waals surface area contributed by atoms with E-state index in [4.69, 9.17) is 10.5 Å². The maximum atomic E-state index is 5.95. The summed E-state index contributed by atoms with van der Waals surface area (Å²) in [6, 6.07) is 21.0. The number of morpholine rings is 1. The van der Waals surface area contributed by atoms with E-state index in [1.165, 1.54) is 16.7 Å². The highest BCUT2D eigenvalue weighted by Crippen LogP contribution is 2.27. The van der Waals surface area contributed by atoms with Crippen LogP contribution < -0.4 is 5.73 Å². The quantitative estimate of drug-likeness (QED) is 0.472. The van der Waals surface area contributed by atoms with Gasteiger partial charge >= 0.3 is 0 Å². The first-order valence-corrected chi connectivity index (χ1v) is 11.0. The maximum absolute atomic E-state index is 5.95. The Balaban J connectivity index is 0.00000112. The molecule has 0 saturated carbocycles. The topological polar surface area (TPSA) is 55.8 Å². The number of ether oxygens (including phenoxy) is 1. The molecule has 0 unspecified atom stereocenters. The van der Waals surface area contributed by atoms with Crippen molar-refractivity contribution in [2.75, 3.05) is 32.0 Å². The number of hydrogen-bond donors (Lipinski definition) is 1. The van der Waals surface area contributed by atoms with E-state index in [2.05, 4.69) is 62.9 Å². The number of benzene rings is 2. The van der Waals surface area contributed by atoms with Gasteiger partial charge in [-0.15, -0.1) is 0 Å². The van der Waals surface area contributed by atoms with Crippen molar-refractivity contribution in [2.45, 2.75) is 20.4 Å². The molecule has 0 aliphatic carbocycles. The molecule has 2 aromatic heterocycles. The van der Waals surface area contributed by atoms with Crippen LogP contribution in [0.2, 0.25) is 0 Å². The molecule has 0 bridgehead atoms. The number of rotatable bonds is 4. The lowest BCUT2D eigenvalue weighted by molar-refractivity contribution is 0.0342. The van der Waals surface area contributed by atoms with Crippen molar-refractivity contribution in [3.63, 3.8) is 0 Å². The summed E-state index contributed by atoms with van der Waals surface area (Å²) in [6.45, 7) is 8.60. The predicted molar refractivity (Wildman–Crippen MR) is 128 cm³/mol. The van der Waals surface area contributed by atoms with Crippen LogP contribution in [0.1, 0.15) is 19.4 Å². The maximum Gasteiger partial charge on any atom is 0.137 e. The SMILES string of the molecule is CC.Nc1cccc(-c2cnc3cc(-c4cccc(CN5CCOCC5)c4)ccn23)c1. The number of aromatic nitrogens is 2. The second-order valence-electron chi connectivity index (χ2n) is 7.50. The molecule has 0 atom stereocenters. The Hall–Kier alpha value is -3.15. The average molecular weight is 415 g/mol. The van der Waals surface area contributed by atoms with Crippen LogP contribution in [0, 0.1) is 0 Å². The minimum atomic E-state index is 0.756. The molecule has 31 heavy (non-hydrogen) atoms. The minimum absolute atomic E-state index is 0.756. The van der Waals surface area contributed by atoms with E-state index < -0.39 is 0 Å². The van der Waals surface area contributed by atoms with Gasteiger partial charge in [-0.25, -0.2) is 4.98 Å². The van der Waals surface area contributed by atoms with Crippen molar-refractivity contribution < 1.29 is 4.74 Å². The van der Waals surface area contributed by atoms with Gasteiger partial charge in [-0.1, -0.05) is 44.2 Å². The predicted octanol–water partition coefficient (Wildman–Crippen LogP) is 5.11. The van der Waals surface area contributed by atoms with Crippen LogP contribution in [0.4, 0.5) is 5.69 Å². The molecule has 1 fully saturated rings. The lowest BCUT2D eigenvalue weighted by atomic mass is 10.0. The van der Waals surface area contributed by atoms with E-state index in [9.17, 15) is 0 Å². The van der Waals surface area contributed by atoms with Crippen LogP contribution in [0.25, 0.3) is 28.0 Å². The summed E-state index contributed by atoms with van der Waals surface area (Å²) < 4.78 is 7.56. The van der Waals surface area contributed by atoms with Gasteiger partial charge in [0.25, 0.3) is 0 Å². The molecule has 1 aliphatic rings. The molecule has 1 aliphatic heterocycles. The zero-order valence-corrected chi connectivity index (χ0v) is 18.3. The van der Waals surface area contributed by atoms with E-state index in [-0.39, 0.29) is 0 Å². The number of imidazole rings is 1. The van der Waals surface area contributed by atoms with E-state index in [1.54, 1.807) is 0 Å². The molecular weight excluding hydrogens is 384 g/mol. The second kappa shape index (κ2) is 9.77. The Morgan fingerprint density at radius 1 is 0.903 bits per heavy atom. The summed E-state index contributed by atoms with van der Waals surface area (Å²) in [5.41, 5.74) is 13.5. The van der Waals surface area contributed by atoms with Gasteiger partial charge in [0.15, 0.2) is 0 Å². The zero-order chi connectivity index (χ0) is 21.6. The van der Waals surface area contributed by atoms with Gasteiger partial charge in [0.05, 0.1) is 25.1 Å². The van der Waals surface area contributed by atoms with E-state index in [0.717, 1.165) is 55.4 Å². The Bertz CT molecular complexity index is 1150. The van der Waals surface area contributed by atoms with Crippen molar-refractivity contribution in [1.29, 1.82) is 0 Å². The van der Waals surface area contributed by atoms with E-state index in [0.29, 0.717) is 0 Å². The molecule has 3 heterocycles. The van der Waals surface area contributed by atoms with Gasteiger partial charge in [-0.3, -0.25) is 9.30 Å². The van der Waals surface area contributed by atoms with E-state index in [1.807, 2.05) is 38.2 Å². The molecular formula is C26H30N4O. The first kappa shape index (κ1) is 21.1. The van der Waals surface area contributed by atoms with Gasteiger partial charge in [0.2, 0.25) is 0 Å². The molecule has 2 N–H and O–H groups in total. The third-order valence-electron chi connectivity index (χ3n) is 5.47. The molecule has 0 radical (unpaired) electrons. The summed E-state index contributed by atoms with van der Waals surface area (Å²) in [4.78, 5) is 7.07. The van der Waals surface area contributed by atoms with Crippen LogP contribution >= 0.6 is 0 Å². The molecule has 5 rings (SSSR count). The van der Waals surface area contributed by atoms with Gasteiger partial charge in [-0.05, 0) is 47.0 Å². The summed E-state index contributed by atoms with van der Waals surface area (Å²) in [7, 11) is 0. The Morgan fingerprint density at radius 3 is 2.45 bits per heavy atom. The normalized spacial score (nSPS) is 14.3. The first-order chi connectivity index (χ1) is 15.3. The van der Waals surface area contributed by atoms with Crippen molar-refractivity contribution in [1.82, 2.24) is 14.3 Å². The summed E-state index contributed by atoms with van der Waals surface area (Å²) in [5, 5.41) is 0. The number of hydrogen-bond acceptors (Lipinski definition) is 4. The summed E-state index contributed by atoms with van der Waals surface area (Å²) in [5.74, 6) is 0. The smallest absolute Gasteiger partial charge is 0.137 e. The Labute approximate surface area is 184 Å². The molecule has 0 spiro atoms.